The van der Waals surface area contributed by atoms with E-state index in [4.69, 9.17) is 11.6 Å². The van der Waals surface area contributed by atoms with Crippen LogP contribution in [-0.2, 0) is 0 Å². The lowest BCUT2D eigenvalue weighted by Gasteiger charge is -2.11. The van der Waals surface area contributed by atoms with E-state index in [2.05, 4.69) is 31.9 Å². The highest BCUT2D eigenvalue weighted by atomic mass is 79.9. The molecule has 0 spiro atoms. The molecule has 25 heavy (non-hydrogen) atoms. The lowest BCUT2D eigenvalue weighted by atomic mass is 10.0. The third-order valence-electron chi connectivity index (χ3n) is 3.38. The van der Waals surface area contributed by atoms with Crippen molar-refractivity contribution >= 4 is 49.7 Å². The summed E-state index contributed by atoms with van der Waals surface area (Å²) in [6.07, 6.45) is 0.220. The average molecular weight is 483 g/mol. The number of carbonyl (C=O) groups is 1. The van der Waals surface area contributed by atoms with Gasteiger partial charge in [-0.2, -0.15) is 0 Å². The molecule has 0 aliphatic heterocycles. The van der Waals surface area contributed by atoms with Crippen LogP contribution in [0.25, 0.3) is 0 Å². The van der Waals surface area contributed by atoms with Gasteiger partial charge in [-0.1, -0.05) is 79.9 Å². The van der Waals surface area contributed by atoms with Crippen LogP contribution >= 0.6 is 43.5 Å². The van der Waals surface area contributed by atoms with Gasteiger partial charge in [0.15, 0.2) is 0 Å². The van der Waals surface area contributed by atoms with Crippen LogP contribution in [0.2, 0.25) is 5.02 Å². The van der Waals surface area contributed by atoms with Crippen LogP contribution in [0.15, 0.2) is 81.7 Å². The van der Waals surface area contributed by atoms with Crippen LogP contribution in [0, 0.1) is 0 Å². The first kappa shape index (κ1) is 19.9. The van der Waals surface area contributed by atoms with Gasteiger partial charge in [-0.05, 0) is 47.5 Å². The van der Waals surface area contributed by atoms with Crippen molar-refractivity contribution in [1.82, 2.24) is 0 Å². The second kappa shape index (κ2) is 9.88. The molecule has 0 amide bonds. The summed E-state index contributed by atoms with van der Waals surface area (Å²) in [6, 6.07) is 22.0. The SMILES string of the molecule is O=Cc1ccc(Br)cc1.OC(c1ccc(Cl)cc1)c1ccc(Br)cc1. The molecule has 0 bridgehead atoms. The molecule has 0 heterocycles. The number of aliphatic hydroxyl groups excluding tert-OH is 1. The monoisotopic (exact) mass is 480 g/mol. The number of hydrogen-bond acceptors (Lipinski definition) is 2. The van der Waals surface area contributed by atoms with E-state index in [-0.39, 0.29) is 0 Å². The fourth-order valence-electron chi connectivity index (χ4n) is 2.02. The number of aldehydes is 1. The topological polar surface area (TPSA) is 37.3 Å². The second-order valence-corrected chi connectivity index (χ2v) is 7.44. The van der Waals surface area contributed by atoms with Crippen molar-refractivity contribution in [3.63, 3.8) is 0 Å². The molecule has 0 radical (unpaired) electrons. The quantitative estimate of drug-likeness (QED) is 0.436. The molecule has 0 aliphatic carbocycles. The Balaban J connectivity index is 0.000000212. The summed E-state index contributed by atoms with van der Waals surface area (Å²) >= 11 is 12.4. The highest BCUT2D eigenvalue weighted by molar-refractivity contribution is 9.10. The molecule has 0 saturated carbocycles. The van der Waals surface area contributed by atoms with Crippen LogP contribution < -0.4 is 0 Å². The van der Waals surface area contributed by atoms with Crippen LogP contribution in [0.1, 0.15) is 27.6 Å². The summed E-state index contributed by atoms with van der Waals surface area (Å²) in [5.41, 5.74) is 2.41. The number of hydrogen-bond donors (Lipinski definition) is 1. The molecule has 1 N–H and O–H groups in total. The zero-order valence-corrected chi connectivity index (χ0v) is 17.0. The second-order valence-electron chi connectivity index (χ2n) is 5.18. The van der Waals surface area contributed by atoms with Crippen molar-refractivity contribution in [1.29, 1.82) is 0 Å². The molecule has 0 aromatic heterocycles. The largest absolute Gasteiger partial charge is 0.384 e. The number of halogens is 3. The Kier molecular flexibility index (Phi) is 7.85. The summed E-state index contributed by atoms with van der Waals surface area (Å²) in [7, 11) is 0. The first-order valence-corrected chi connectivity index (χ1v) is 9.35. The molecule has 1 unspecified atom stereocenters. The van der Waals surface area contributed by atoms with Gasteiger partial charge in [0, 0.05) is 19.5 Å². The van der Waals surface area contributed by atoms with Crippen LogP contribution in [0.4, 0.5) is 0 Å². The fourth-order valence-corrected chi connectivity index (χ4v) is 2.68. The molecule has 0 saturated heterocycles. The predicted molar refractivity (Wildman–Crippen MR) is 109 cm³/mol. The first-order valence-electron chi connectivity index (χ1n) is 7.39. The minimum Gasteiger partial charge on any atom is -0.384 e. The van der Waals surface area contributed by atoms with Gasteiger partial charge in [0.25, 0.3) is 0 Å². The minimum atomic E-state index is -0.606. The van der Waals surface area contributed by atoms with Crippen molar-refractivity contribution in [2.75, 3.05) is 0 Å². The summed E-state index contributed by atoms with van der Waals surface area (Å²) in [5.74, 6) is 0. The molecule has 0 fully saturated rings. The molecule has 128 valence electrons. The highest BCUT2D eigenvalue weighted by Gasteiger charge is 2.09. The maximum Gasteiger partial charge on any atom is 0.150 e. The lowest BCUT2D eigenvalue weighted by molar-refractivity contribution is 0.112. The zero-order chi connectivity index (χ0) is 18.2. The van der Waals surface area contributed by atoms with Gasteiger partial charge in [-0.15, -0.1) is 0 Å². The normalized spacial score (nSPS) is 11.2. The third-order valence-corrected chi connectivity index (χ3v) is 4.69. The average Bonchev–Trinajstić information content (AvgIpc) is 2.64. The van der Waals surface area contributed by atoms with Gasteiger partial charge in [0.1, 0.15) is 12.4 Å². The Hall–Kier alpha value is -1.46. The third kappa shape index (κ3) is 6.40. The summed E-state index contributed by atoms with van der Waals surface area (Å²) in [4.78, 5) is 10.1. The maximum atomic E-state index is 10.1. The summed E-state index contributed by atoms with van der Waals surface area (Å²) < 4.78 is 1.99. The Bertz CT molecular complexity index is 755. The van der Waals surface area contributed by atoms with Gasteiger partial charge in [0.2, 0.25) is 0 Å². The molecule has 5 heteroatoms. The molecule has 1 atom stereocenters. The van der Waals surface area contributed by atoms with Crippen molar-refractivity contribution in [2.24, 2.45) is 0 Å². The summed E-state index contributed by atoms with van der Waals surface area (Å²) in [6.45, 7) is 0. The number of rotatable bonds is 3. The predicted octanol–water partition coefficient (Wildman–Crippen LogP) is 6.45. The molecule has 0 aliphatic rings. The van der Waals surface area contributed by atoms with E-state index in [9.17, 15) is 9.90 Å². The Morgan fingerprint density at radius 2 is 1.16 bits per heavy atom. The number of benzene rings is 3. The van der Waals surface area contributed by atoms with Crippen molar-refractivity contribution in [3.05, 3.63) is 103 Å². The minimum absolute atomic E-state index is 0.606. The van der Waals surface area contributed by atoms with E-state index in [1.807, 2.05) is 48.5 Å². The molecular weight excluding hydrogens is 467 g/mol. The van der Waals surface area contributed by atoms with Crippen LogP contribution in [0.5, 0.6) is 0 Å². The van der Waals surface area contributed by atoms with E-state index in [1.165, 1.54) is 0 Å². The standard InChI is InChI=1S/C13H10BrClO.C7H5BrO/c14-11-5-1-9(2-6-11)13(16)10-3-7-12(15)8-4-10;8-7-3-1-6(5-9)2-4-7/h1-8,13,16H;1-5H. The lowest BCUT2D eigenvalue weighted by Crippen LogP contribution is -1.98. The number of aliphatic hydroxyl groups is 1. The van der Waals surface area contributed by atoms with E-state index < -0.39 is 6.10 Å². The van der Waals surface area contributed by atoms with Crippen molar-refractivity contribution in [3.8, 4) is 0 Å². The smallest absolute Gasteiger partial charge is 0.150 e. The molecular formula is C20H15Br2ClO2. The highest BCUT2D eigenvalue weighted by Crippen LogP contribution is 2.24. The van der Waals surface area contributed by atoms with E-state index in [1.54, 1.807) is 24.3 Å². The van der Waals surface area contributed by atoms with Crippen LogP contribution in [-0.4, -0.2) is 11.4 Å². The van der Waals surface area contributed by atoms with Crippen molar-refractivity contribution < 1.29 is 9.90 Å². The van der Waals surface area contributed by atoms with Gasteiger partial charge in [-0.3, -0.25) is 4.79 Å². The summed E-state index contributed by atoms with van der Waals surface area (Å²) in [5, 5.41) is 10.8. The van der Waals surface area contributed by atoms with E-state index >= 15 is 0 Å². The molecule has 3 aromatic rings. The molecule has 3 rings (SSSR count). The van der Waals surface area contributed by atoms with Gasteiger partial charge < -0.3 is 5.11 Å². The van der Waals surface area contributed by atoms with Gasteiger partial charge in [0.05, 0.1) is 0 Å². The maximum absolute atomic E-state index is 10.1. The Morgan fingerprint density at radius 1 is 0.760 bits per heavy atom. The van der Waals surface area contributed by atoms with Gasteiger partial charge >= 0.3 is 0 Å². The number of carbonyl (C=O) groups excluding carboxylic acids is 1. The molecule has 2 nitrogen and oxygen atoms in total. The Labute approximate surface area is 168 Å². The van der Waals surface area contributed by atoms with Crippen LogP contribution in [0.3, 0.4) is 0 Å². The Morgan fingerprint density at radius 3 is 1.60 bits per heavy atom. The van der Waals surface area contributed by atoms with Crippen molar-refractivity contribution in [2.45, 2.75) is 6.10 Å². The van der Waals surface area contributed by atoms with E-state index in [0.717, 1.165) is 26.4 Å². The zero-order valence-electron chi connectivity index (χ0n) is 13.1. The fraction of sp³-hybridized carbons (Fsp3) is 0.0500. The molecule has 3 aromatic carbocycles. The first-order chi connectivity index (χ1) is 12.0. The van der Waals surface area contributed by atoms with Gasteiger partial charge in [-0.25, -0.2) is 0 Å². The van der Waals surface area contributed by atoms with E-state index in [0.29, 0.717) is 10.6 Å².